The van der Waals surface area contributed by atoms with Gasteiger partial charge in [0.15, 0.2) is 0 Å². The number of nitrogens with zero attached hydrogens (tertiary/aromatic N) is 3. The minimum Gasteiger partial charge on any atom is -0.398 e. The maximum Gasteiger partial charge on any atom is 0.145 e. The second-order valence-corrected chi connectivity index (χ2v) is 10.7. The van der Waals surface area contributed by atoms with E-state index in [0.717, 1.165) is 73.2 Å². The van der Waals surface area contributed by atoms with Crippen LogP contribution in [0.2, 0.25) is 0 Å². The third-order valence-electron chi connectivity index (χ3n) is 7.04. The van der Waals surface area contributed by atoms with E-state index in [1.165, 1.54) is 5.39 Å². The van der Waals surface area contributed by atoms with Gasteiger partial charge in [-0.1, -0.05) is 59.6 Å². The van der Waals surface area contributed by atoms with Crippen molar-refractivity contribution in [2.45, 2.75) is 19.8 Å². The molecule has 0 bridgehead atoms. The number of halogens is 1. The van der Waals surface area contributed by atoms with Gasteiger partial charge in [-0.25, -0.2) is 4.98 Å². The highest BCUT2D eigenvalue weighted by atomic mass is 79.9. The van der Waals surface area contributed by atoms with Crippen molar-refractivity contribution in [3.63, 3.8) is 0 Å². The molecular weight excluding hydrogens is 556 g/mol. The molecule has 3 heterocycles. The zero-order valence-electron chi connectivity index (χ0n) is 22.3. The number of allylic oxidation sites excluding steroid dienone is 3. The van der Waals surface area contributed by atoms with Crippen LogP contribution in [0.5, 0.6) is 0 Å². The summed E-state index contributed by atoms with van der Waals surface area (Å²) in [5.74, 6) is 0. The van der Waals surface area contributed by atoms with Crippen LogP contribution in [0.1, 0.15) is 25.3 Å². The third kappa shape index (κ3) is 5.08. The van der Waals surface area contributed by atoms with Gasteiger partial charge in [-0.05, 0) is 102 Å². The molecule has 0 aliphatic carbocycles. The molecule has 5 heteroatoms. The Labute approximate surface area is 242 Å². The van der Waals surface area contributed by atoms with Crippen molar-refractivity contribution in [1.29, 1.82) is 0 Å². The van der Waals surface area contributed by atoms with Crippen molar-refractivity contribution in [3.8, 4) is 28.1 Å². The number of pyridine rings is 2. The maximum absolute atomic E-state index is 6.55. The zero-order valence-corrected chi connectivity index (χ0v) is 23.8. The van der Waals surface area contributed by atoms with Crippen molar-refractivity contribution in [2.75, 3.05) is 0 Å². The largest absolute Gasteiger partial charge is 0.398 e. The molecule has 0 amide bonds. The summed E-state index contributed by atoms with van der Waals surface area (Å²) in [5.41, 5.74) is 15.5. The van der Waals surface area contributed by atoms with Gasteiger partial charge < -0.3 is 5.73 Å². The minimum atomic E-state index is 0.727. The normalized spacial score (nSPS) is 12.1. The van der Waals surface area contributed by atoms with Crippen LogP contribution in [0.4, 0.5) is 0 Å². The molecule has 0 aliphatic rings. The Morgan fingerprint density at radius 3 is 2.45 bits per heavy atom. The fraction of sp³-hybridized carbons (Fsp3) is 0.0857. The molecule has 0 aliphatic heterocycles. The summed E-state index contributed by atoms with van der Waals surface area (Å²) < 4.78 is 3.27. The molecule has 0 spiro atoms. The second-order valence-electron chi connectivity index (χ2n) is 9.77. The summed E-state index contributed by atoms with van der Waals surface area (Å²) in [6.45, 7) is 2.17. The van der Waals surface area contributed by atoms with E-state index in [4.69, 9.17) is 10.7 Å². The Bertz CT molecular complexity index is 1870. The number of hydrogen-bond acceptors (Lipinski definition) is 3. The van der Waals surface area contributed by atoms with Crippen LogP contribution in [0.25, 0.3) is 55.7 Å². The van der Waals surface area contributed by atoms with Crippen LogP contribution in [0.15, 0.2) is 126 Å². The van der Waals surface area contributed by atoms with E-state index in [1.54, 1.807) is 0 Å². The summed E-state index contributed by atoms with van der Waals surface area (Å²) in [6, 6.07) is 31.5. The highest BCUT2D eigenvalue weighted by Crippen LogP contribution is 2.34. The first-order valence-corrected chi connectivity index (χ1v) is 14.3. The number of hydrogen-bond donors (Lipinski definition) is 1. The maximum atomic E-state index is 6.55. The molecule has 0 saturated heterocycles. The van der Waals surface area contributed by atoms with Crippen LogP contribution >= 0.6 is 15.9 Å². The Balaban J connectivity index is 1.44. The van der Waals surface area contributed by atoms with Gasteiger partial charge >= 0.3 is 0 Å². The van der Waals surface area contributed by atoms with Gasteiger partial charge in [-0.15, -0.1) is 0 Å². The van der Waals surface area contributed by atoms with Crippen LogP contribution in [0, 0.1) is 0 Å². The molecule has 3 aromatic heterocycles. The first-order valence-electron chi connectivity index (χ1n) is 13.5. The summed E-state index contributed by atoms with van der Waals surface area (Å²) in [4.78, 5) is 9.33. The molecule has 2 N–H and O–H groups in total. The van der Waals surface area contributed by atoms with Crippen LogP contribution in [-0.4, -0.2) is 14.5 Å². The first kappa shape index (κ1) is 25.8. The summed E-state index contributed by atoms with van der Waals surface area (Å²) in [5, 5.41) is 2.30. The highest BCUT2D eigenvalue weighted by molar-refractivity contribution is 9.10. The lowest BCUT2D eigenvalue weighted by atomic mass is 9.96. The fourth-order valence-electron chi connectivity index (χ4n) is 5.06. The number of rotatable bonds is 7. The lowest BCUT2D eigenvalue weighted by molar-refractivity contribution is 0.959. The summed E-state index contributed by atoms with van der Waals surface area (Å²) >= 11 is 3.63. The number of benzene rings is 3. The van der Waals surface area contributed by atoms with Gasteiger partial charge in [-0.2, -0.15) is 0 Å². The van der Waals surface area contributed by atoms with Gasteiger partial charge in [0.25, 0.3) is 0 Å². The zero-order chi connectivity index (χ0) is 27.5. The van der Waals surface area contributed by atoms with E-state index in [1.807, 2.05) is 48.8 Å². The van der Waals surface area contributed by atoms with E-state index in [9.17, 15) is 0 Å². The molecule has 4 nitrogen and oxygen atoms in total. The Hall–Kier alpha value is -4.48. The van der Waals surface area contributed by atoms with Gasteiger partial charge in [0.2, 0.25) is 0 Å². The molecule has 0 unspecified atom stereocenters. The van der Waals surface area contributed by atoms with Crippen molar-refractivity contribution in [1.82, 2.24) is 14.5 Å². The molecule has 3 aromatic carbocycles. The predicted octanol–water partition coefficient (Wildman–Crippen LogP) is 9.33. The summed E-state index contributed by atoms with van der Waals surface area (Å²) in [6.07, 6.45) is 12.0. The molecular formula is C35H29BrN4. The van der Waals surface area contributed by atoms with Crippen LogP contribution < -0.4 is 5.73 Å². The van der Waals surface area contributed by atoms with E-state index >= 15 is 0 Å². The van der Waals surface area contributed by atoms with Gasteiger partial charge in [-0.3, -0.25) is 9.55 Å². The Kier molecular flexibility index (Phi) is 7.30. The number of fused-ring (bicyclic) bond motifs is 3. The topological polar surface area (TPSA) is 56.7 Å². The lowest BCUT2D eigenvalue weighted by Crippen LogP contribution is -1.98. The van der Waals surface area contributed by atoms with Gasteiger partial charge in [0.05, 0.1) is 11.2 Å². The smallest absolute Gasteiger partial charge is 0.145 e. The van der Waals surface area contributed by atoms with Crippen molar-refractivity contribution >= 4 is 43.6 Å². The van der Waals surface area contributed by atoms with E-state index in [2.05, 4.69) is 105 Å². The van der Waals surface area contributed by atoms with Crippen molar-refractivity contribution < 1.29 is 0 Å². The first-order chi connectivity index (χ1) is 19.6. The quantitative estimate of drug-likeness (QED) is 0.190. The average Bonchev–Trinajstić information content (AvgIpc) is 3.33. The van der Waals surface area contributed by atoms with Gasteiger partial charge in [0, 0.05) is 44.6 Å². The Morgan fingerprint density at radius 1 is 0.825 bits per heavy atom. The third-order valence-corrected chi connectivity index (χ3v) is 7.53. The standard InChI is InChI=1S/C35H29BrN4/c1-2-3-4-5-10-32(37)26-20-25(21-27(22-26)33-11-6-7-18-38-33)24-12-15-29(16-13-24)40-34-17-14-28(36)23-31(34)30-9-8-19-39-35(30)40/h4-23H,2-3,37H2,1H3/b5-4-,32-10-. The molecule has 196 valence electrons. The van der Waals surface area contributed by atoms with Crippen molar-refractivity contribution in [2.24, 2.45) is 5.73 Å². The van der Waals surface area contributed by atoms with E-state index in [-0.39, 0.29) is 0 Å². The number of unbranched alkanes of at least 4 members (excludes halogenated alkanes) is 1. The number of nitrogens with two attached hydrogens (primary N) is 1. The SMILES string of the molecule is CCC/C=C\C=C(/N)c1cc(-c2ccc(-n3c4ccc(Br)cc4c4cccnc43)cc2)cc(-c2ccccn2)c1. The molecule has 6 aromatic rings. The van der Waals surface area contributed by atoms with E-state index < -0.39 is 0 Å². The molecule has 0 atom stereocenters. The Morgan fingerprint density at radius 2 is 1.65 bits per heavy atom. The molecule has 0 radical (unpaired) electrons. The lowest BCUT2D eigenvalue weighted by Gasteiger charge is -2.12. The minimum absolute atomic E-state index is 0.727. The van der Waals surface area contributed by atoms with E-state index in [0.29, 0.717) is 0 Å². The molecule has 0 fully saturated rings. The molecule has 40 heavy (non-hydrogen) atoms. The van der Waals surface area contributed by atoms with Gasteiger partial charge in [0.1, 0.15) is 5.65 Å². The predicted molar refractivity (Wildman–Crippen MR) is 171 cm³/mol. The average molecular weight is 586 g/mol. The number of aromatic nitrogens is 3. The second kappa shape index (κ2) is 11.3. The summed E-state index contributed by atoms with van der Waals surface area (Å²) in [7, 11) is 0. The molecule has 6 rings (SSSR count). The monoisotopic (exact) mass is 584 g/mol. The van der Waals surface area contributed by atoms with Crippen LogP contribution in [0.3, 0.4) is 0 Å². The van der Waals surface area contributed by atoms with Crippen LogP contribution in [-0.2, 0) is 0 Å². The molecule has 0 saturated carbocycles. The highest BCUT2D eigenvalue weighted by Gasteiger charge is 2.14. The fourth-order valence-corrected chi connectivity index (χ4v) is 5.42. The van der Waals surface area contributed by atoms with Crippen molar-refractivity contribution in [3.05, 3.63) is 132 Å².